The molecule has 1 aliphatic heterocycles. The van der Waals surface area contributed by atoms with Crippen LogP contribution in [0.15, 0.2) is 11.9 Å². The number of likely N-dealkylation sites (tertiary alicyclic amines) is 1. The molecule has 1 rings (SSSR count). The minimum atomic E-state index is 0.0112. The van der Waals surface area contributed by atoms with Crippen LogP contribution >= 0.6 is 0 Å². The van der Waals surface area contributed by atoms with E-state index in [-0.39, 0.29) is 5.41 Å². The van der Waals surface area contributed by atoms with Crippen LogP contribution < -0.4 is 0 Å². The molecule has 1 fully saturated rings. The van der Waals surface area contributed by atoms with Gasteiger partial charge in [0.1, 0.15) is 0 Å². The van der Waals surface area contributed by atoms with Gasteiger partial charge in [-0.2, -0.15) is 0 Å². The third-order valence-corrected chi connectivity index (χ3v) is 3.00. The molecule has 0 aromatic carbocycles. The van der Waals surface area contributed by atoms with Crippen LogP contribution in [0.4, 0.5) is 4.39 Å². The van der Waals surface area contributed by atoms with Gasteiger partial charge < -0.3 is 0 Å². The summed E-state index contributed by atoms with van der Waals surface area (Å²) < 4.78 is 12.5. The molecule has 13 heavy (non-hydrogen) atoms. The summed E-state index contributed by atoms with van der Waals surface area (Å²) >= 11 is 0. The lowest BCUT2D eigenvalue weighted by molar-refractivity contribution is 0.131. The summed E-state index contributed by atoms with van der Waals surface area (Å²) in [6.45, 7) is 10.6. The second kappa shape index (κ2) is 3.79. The predicted molar refractivity (Wildman–Crippen MR) is 54.3 cm³/mol. The van der Waals surface area contributed by atoms with Crippen LogP contribution in [0, 0.1) is 5.41 Å². The van der Waals surface area contributed by atoms with Gasteiger partial charge in [0.15, 0.2) is 0 Å². The zero-order valence-corrected chi connectivity index (χ0v) is 9.10. The van der Waals surface area contributed by atoms with Crippen molar-refractivity contribution in [3.05, 3.63) is 11.9 Å². The van der Waals surface area contributed by atoms with Crippen LogP contribution in [0.2, 0.25) is 0 Å². The van der Waals surface area contributed by atoms with E-state index < -0.39 is 0 Å². The molecule has 76 valence electrons. The fourth-order valence-corrected chi connectivity index (χ4v) is 1.93. The lowest BCUT2D eigenvalue weighted by Crippen LogP contribution is -2.44. The zero-order chi connectivity index (χ0) is 10.1. The molecule has 0 saturated carbocycles. The number of piperidine rings is 1. The molecule has 0 unspecified atom stereocenters. The van der Waals surface area contributed by atoms with Gasteiger partial charge in [-0.1, -0.05) is 13.8 Å². The van der Waals surface area contributed by atoms with Crippen molar-refractivity contribution < 1.29 is 4.39 Å². The van der Waals surface area contributed by atoms with E-state index in [1.165, 1.54) is 0 Å². The number of halogens is 1. The van der Waals surface area contributed by atoms with E-state index >= 15 is 0 Å². The van der Waals surface area contributed by atoms with E-state index in [0.29, 0.717) is 6.04 Å². The Labute approximate surface area is 80.6 Å². The molecule has 0 aliphatic carbocycles. The van der Waals surface area contributed by atoms with Crippen molar-refractivity contribution in [3.8, 4) is 0 Å². The van der Waals surface area contributed by atoms with Crippen LogP contribution in [0.3, 0.4) is 0 Å². The summed E-state index contributed by atoms with van der Waals surface area (Å²) in [6, 6.07) is 0.570. The monoisotopic (exact) mass is 185 g/mol. The van der Waals surface area contributed by atoms with Crippen molar-refractivity contribution in [2.45, 2.75) is 40.2 Å². The van der Waals surface area contributed by atoms with E-state index in [1.54, 1.807) is 0 Å². The molecule has 0 amide bonds. The molecule has 0 bridgehead atoms. The summed E-state index contributed by atoms with van der Waals surface area (Å²) in [4.78, 5) is 2.41. The first-order valence-electron chi connectivity index (χ1n) is 5.01. The summed E-state index contributed by atoms with van der Waals surface area (Å²) in [5.74, 6) is 0. The smallest absolute Gasteiger partial charge is 0.0865 e. The predicted octanol–water partition coefficient (Wildman–Crippen LogP) is 2.98. The van der Waals surface area contributed by atoms with Gasteiger partial charge in [0, 0.05) is 24.5 Å². The lowest BCUT2D eigenvalue weighted by Gasteiger charge is -2.41. The molecule has 0 aromatic rings. The number of hydrogen-bond donors (Lipinski definition) is 0. The van der Waals surface area contributed by atoms with Crippen LogP contribution in [0.1, 0.15) is 34.1 Å². The second-order valence-corrected chi connectivity index (χ2v) is 4.83. The van der Waals surface area contributed by atoms with Crippen molar-refractivity contribution in [1.82, 2.24) is 4.90 Å². The highest BCUT2D eigenvalue weighted by atomic mass is 19.1. The van der Waals surface area contributed by atoms with E-state index in [4.69, 9.17) is 0 Å². The molecule has 0 spiro atoms. The molecular weight excluding hydrogens is 165 g/mol. The number of nitrogens with zero attached hydrogens (tertiary/aromatic N) is 1. The topological polar surface area (TPSA) is 3.24 Å². The van der Waals surface area contributed by atoms with Gasteiger partial charge in [-0.15, -0.1) is 0 Å². The fraction of sp³-hybridized carbons (Fsp3) is 0.818. The van der Waals surface area contributed by atoms with Crippen LogP contribution in [-0.4, -0.2) is 24.0 Å². The van der Waals surface area contributed by atoms with Crippen LogP contribution in [0.25, 0.3) is 0 Å². The summed E-state index contributed by atoms with van der Waals surface area (Å²) in [5, 5.41) is 0. The average Bonchev–Trinajstić information content (AvgIpc) is 2.02. The Morgan fingerprint density at radius 3 is 2.46 bits per heavy atom. The first-order valence-corrected chi connectivity index (χ1v) is 5.01. The molecule has 1 heterocycles. The largest absolute Gasteiger partial charge is 0.300 e. The lowest BCUT2D eigenvalue weighted by atomic mass is 9.79. The summed E-state index contributed by atoms with van der Waals surface area (Å²) in [7, 11) is 0. The molecule has 1 nitrogen and oxygen atoms in total. The molecule has 0 atom stereocenters. The molecule has 0 N–H and O–H groups in total. The average molecular weight is 185 g/mol. The van der Waals surface area contributed by atoms with Crippen LogP contribution in [-0.2, 0) is 0 Å². The Hall–Kier alpha value is -0.370. The van der Waals surface area contributed by atoms with Gasteiger partial charge in [-0.25, -0.2) is 4.39 Å². The first kappa shape index (κ1) is 10.7. The molecule has 0 radical (unpaired) electrons. The number of hydrogen-bond acceptors (Lipinski definition) is 1. The van der Waals surface area contributed by atoms with E-state index in [2.05, 4.69) is 32.6 Å². The number of rotatable bonds is 1. The minimum Gasteiger partial charge on any atom is -0.300 e. The highest BCUT2D eigenvalue weighted by Gasteiger charge is 2.31. The van der Waals surface area contributed by atoms with E-state index in [9.17, 15) is 4.39 Å². The van der Waals surface area contributed by atoms with Crippen molar-refractivity contribution in [1.29, 1.82) is 0 Å². The molecule has 1 saturated heterocycles. The third kappa shape index (κ3) is 2.31. The highest BCUT2D eigenvalue weighted by Crippen LogP contribution is 2.34. The van der Waals surface area contributed by atoms with Crippen molar-refractivity contribution in [2.24, 2.45) is 5.41 Å². The maximum absolute atomic E-state index is 12.5. The quantitative estimate of drug-likeness (QED) is 0.607. The van der Waals surface area contributed by atoms with Crippen molar-refractivity contribution in [2.75, 3.05) is 13.1 Å². The molecule has 2 heteroatoms. The molecule has 1 aliphatic rings. The Morgan fingerprint density at radius 2 is 2.08 bits per heavy atom. The maximum Gasteiger partial charge on any atom is 0.0865 e. The van der Waals surface area contributed by atoms with Gasteiger partial charge in [0.2, 0.25) is 0 Å². The van der Waals surface area contributed by atoms with Gasteiger partial charge in [-0.3, -0.25) is 4.90 Å². The molecular formula is C11H20FN. The first-order chi connectivity index (χ1) is 5.97. The Morgan fingerprint density at radius 1 is 1.46 bits per heavy atom. The van der Waals surface area contributed by atoms with Gasteiger partial charge in [0.25, 0.3) is 0 Å². The van der Waals surface area contributed by atoms with E-state index in [1.807, 2.05) is 0 Å². The molecule has 0 aromatic heterocycles. The Bertz CT molecular complexity index is 206. The second-order valence-electron chi connectivity index (χ2n) is 4.83. The third-order valence-electron chi connectivity index (χ3n) is 3.00. The summed E-state index contributed by atoms with van der Waals surface area (Å²) in [5.41, 5.74) is 0.974. The Balaban J connectivity index is 2.70. The highest BCUT2D eigenvalue weighted by molar-refractivity contribution is 5.13. The fourth-order valence-electron chi connectivity index (χ4n) is 1.93. The minimum absolute atomic E-state index is 0.0112. The zero-order valence-electron chi connectivity index (χ0n) is 9.10. The normalized spacial score (nSPS) is 27.1. The van der Waals surface area contributed by atoms with Gasteiger partial charge in [-0.05, 0) is 25.8 Å². The van der Waals surface area contributed by atoms with Crippen molar-refractivity contribution in [3.63, 3.8) is 0 Å². The Kier molecular flexibility index (Phi) is 3.12. The summed E-state index contributed by atoms with van der Waals surface area (Å²) in [6.07, 6.45) is 1.68. The SMILES string of the molecule is CC(C)N1CC/C(=C\F)C(C)(C)C1. The maximum atomic E-state index is 12.5. The standard InChI is InChI=1S/C11H20FN/c1-9(2)13-6-5-10(7-12)11(3,4)8-13/h7,9H,5-6,8H2,1-4H3/b10-7+. The van der Waals surface area contributed by atoms with Crippen molar-refractivity contribution >= 4 is 0 Å². The van der Waals surface area contributed by atoms with Gasteiger partial charge in [0.05, 0.1) is 6.33 Å². The van der Waals surface area contributed by atoms with E-state index in [0.717, 1.165) is 31.4 Å². The van der Waals surface area contributed by atoms with Gasteiger partial charge >= 0.3 is 0 Å². The van der Waals surface area contributed by atoms with Crippen LogP contribution in [0.5, 0.6) is 0 Å².